The van der Waals surface area contributed by atoms with Crippen LogP contribution in [-0.2, 0) is 0 Å². The molecule has 0 aliphatic carbocycles. The monoisotopic (exact) mass is 219 g/mol. The van der Waals surface area contributed by atoms with Gasteiger partial charge in [0.25, 0.3) is 0 Å². The number of aromatic nitrogens is 1. The van der Waals surface area contributed by atoms with Crippen molar-refractivity contribution < 1.29 is 14.3 Å². The van der Waals surface area contributed by atoms with Crippen molar-refractivity contribution >= 4 is 17.2 Å². The molecule has 16 heavy (non-hydrogen) atoms. The zero-order valence-electron chi connectivity index (χ0n) is 9.46. The molecular weight excluding hydrogens is 206 g/mol. The van der Waals surface area contributed by atoms with Crippen molar-refractivity contribution in [1.29, 1.82) is 0 Å². The summed E-state index contributed by atoms with van der Waals surface area (Å²) < 4.78 is 10.5. The van der Waals surface area contributed by atoms with Crippen molar-refractivity contribution in [3.8, 4) is 11.5 Å². The van der Waals surface area contributed by atoms with Crippen LogP contribution < -0.4 is 9.47 Å². The van der Waals surface area contributed by atoms with E-state index in [9.17, 15) is 4.79 Å². The van der Waals surface area contributed by atoms with E-state index < -0.39 is 0 Å². The fraction of sp³-hybridized carbons (Fsp3) is 0.250. The molecule has 0 saturated carbocycles. The van der Waals surface area contributed by atoms with E-state index in [1.807, 2.05) is 13.0 Å². The second-order valence-corrected chi connectivity index (χ2v) is 3.53. The van der Waals surface area contributed by atoms with Gasteiger partial charge in [0.1, 0.15) is 11.5 Å². The van der Waals surface area contributed by atoms with Gasteiger partial charge in [-0.1, -0.05) is 0 Å². The van der Waals surface area contributed by atoms with Crippen LogP contribution in [0.4, 0.5) is 0 Å². The van der Waals surface area contributed by atoms with Gasteiger partial charge in [-0.3, -0.25) is 4.79 Å². The third-order valence-corrected chi connectivity index (χ3v) is 2.70. The zero-order chi connectivity index (χ0) is 11.7. The molecule has 0 spiro atoms. The smallest absolute Gasteiger partial charge is 0.166 e. The Balaban J connectivity index is 2.81. The number of aryl methyl sites for hydroxylation is 1. The summed E-state index contributed by atoms with van der Waals surface area (Å²) in [6.07, 6.45) is 0.807. The predicted molar refractivity (Wildman–Crippen MR) is 61.5 cm³/mol. The number of ether oxygens (including phenoxy) is 2. The van der Waals surface area contributed by atoms with E-state index in [4.69, 9.17) is 9.47 Å². The lowest BCUT2D eigenvalue weighted by atomic mass is 10.1. The van der Waals surface area contributed by atoms with Crippen molar-refractivity contribution in [2.75, 3.05) is 14.2 Å². The van der Waals surface area contributed by atoms with Crippen LogP contribution >= 0.6 is 0 Å². The van der Waals surface area contributed by atoms with E-state index in [0.717, 1.165) is 22.8 Å². The summed E-state index contributed by atoms with van der Waals surface area (Å²) in [6, 6.07) is 3.65. The van der Waals surface area contributed by atoms with Crippen LogP contribution in [0.25, 0.3) is 10.9 Å². The van der Waals surface area contributed by atoms with E-state index in [1.165, 1.54) is 0 Å². The van der Waals surface area contributed by atoms with E-state index in [0.29, 0.717) is 17.2 Å². The number of fused-ring (bicyclic) bond motifs is 1. The Morgan fingerprint density at radius 1 is 1.25 bits per heavy atom. The Morgan fingerprint density at radius 2 is 2.00 bits per heavy atom. The lowest BCUT2D eigenvalue weighted by Gasteiger charge is -2.06. The Kier molecular flexibility index (Phi) is 2.56. The molecule has 1 aromatic heterocycles. The number of carbonyl (C=O) groups excluding carboxylic acids is 1. The fourth-order valence-corrected chi connectivity index (χ4v) is 1.85. The SMILES string of the molecule is COc1cc(OC)c2c(C)c(C=O)[nH]c2c1. The summed E-state index contributed by atoms with van der Waals surface area (Å²) in [6.45, 7) is 1.89. The minimum Gasteiger partial charge on any atom is -0.497 e. The number of benzene rings is 1. The first-order valence-corrected chi connectivity index (χ1v) is 4.90. The molecule has 1 aromatic carbocycles. The quantitative estimate of drug-likeness (QED) is 0.806. The van der Waals surface area contributed by atoms with Crippen molar-refractivity contribution in [2.24, 2.45) is 0 Å². The summed E-state index contributed by atoms with van der Waals surface area (Å²) in [7, 11) is 3.19. The highest BCUT2D eigenvalue weighted by Crippen LogP contribution is 2.34. The number of rotatable bonds is 3. The summed E-state index contributed by atoms with van der Waals surface area (Å²) in [4.78, 5) is 13.9. The first-order chi connectivity index (χ1) is 7.71. The van der Waals surface area contributed by atoms with Crippen LogP contribution in [0.1, 0.15) is 16.1 Å². The zero-order valence-corrected chi connectivity index (χ0v) is 9.46. The van der Waals surface area contributed by atoms with Crippen LogP contribution in [0.3, 0.4) is 0 Å². The van der Waals surface area contributed by atoms with Gasteiger partial charge in [0.15, 0.2) is 6.29 Å². The molecule has 84 valence electrons. The summed E-state index contributed by atoms with van der Waals surface area (Å²) in [5.41, 5.74) is 2.31. The van der Waals surface area contributed by atoms with E-state index in [-0.39, 0.29) is 0 Å². The molecule has 0 radical (unpaired) electrons. The molecule has 0 bridgehead atoms. The van der Waals surface area contributed by atoms with Crippen molar-refractivity contribution in [3.63, 3.8) is 0 Å². The minimum absolute atomic E-state index is 0.571. The molecule has 1 N–H and O–H groups in total. The first-order valence-electron chi connectivity index (χ1n) is 4.90. The number of carbonyl (C=O) groups is 1. The van der Waals surface area contributed by atoms with Gasteiger partial charge >= 0.3 is 0 Å². The van der Waals surface area contributed by atoms with E-state index in [2.05, 4.69) is 4.98 Å². The van der Waals surface area contributed by atoms with Gasteiger partial charge in [-0.15, -0.1) is 0 Å². The molecular formula is C12H13NO3. The number of H-pyrrole nitrogens is 1. The third kappa shape index (κ3) is 1.43. The van der Waals surface area contributed by atoms with Gasteiger partial charge in [0, 0.05) is 17.5 Å². The first kappa shape index (κ1) is 10.5. The Hall–Kier alpha value is -1.97. The second-order valence-electron chi connectivity index (χ2n) is 3.53. The summed E-state index contributed by atoms with van der Waals surface area (Å²) in [5.74, 6) is 1.40. The van der Waals surface area contributed by atoms with Crippen LogP contribution in [-0.4, -0.2) is 25.5 Å². The summed E-state index contributed by atoms with van der Waals surface area (Å²) in [5, 5.41) is 0.922. The van der Waals surface area contributed by atoms with Crippen LogP contribution in [0.15, 0.2) is 12.1 Å². The van der Waals surface area contributed by atoms with Crippen LogP contribution in [0.2, 0.25) is 0 Å². The number of hydrogen-bond acceptors (Lipinski definition) is 3. The number of nitrogens with one attached hydrogen (secondary N) is 1. The molecule has 0 unspecified atom stereocenters. The maximum atomic E-state index is 10.8. The lowest BCUT2D eigenvalue weighted by Crippen LogP contribution is -1.88. The molecule has 0 atom stereocenters. The van der Waals surface area contributed by atoms with E-state index in [1.54, 1.807) is 20.3 Å². The molecule has 0 fully saturated rings. The van der Waals surface area contributed by atoms with Gasteiger partial charge in [-0.2, -0.15) is 0 Å². The fourth-order valence-electron chi connectivity index (χ4n) is 1.85. The predicted octanol–water partition coefficient (Wildman–Crippen LogP) is 2.31. The standard InChI is InChI=1S/C12H13NO3/c1-7-10(6-14)13-9-4-8(15-2)5-11(16-3)12(7)9/h4-6,13H,1-3H3. The number of hydrogen-bond donors (Lipinski definition) is 1. The topological polar surface area (TPSA) is 51.3 Å². The Bertz CT molecular complexity index is 543. The molecule has 0 aliphatic heterocycles. The normalized spacial score (nSPS) is 10.4. The maximum absolute atomic E-state index is 10.8. The second kappa shape index (κ2) is 3.89. The molecule has 0 saturated heterocycles. The van der Waals surface area contributed by atoms with Crippen molar-refractivity contribution in [3.05, 3.63) is 23.4 Å². The van der Waals surface area contributed by atoms with Crippen LogP contribution in [0, 0.1) is 6.92 Å². The van der Waals surface area contributed by atoms with Crippen LogP contribution in [0.5, 0.6) is 11.5 Å². The number of methoxy groups -OCH3 is 2. The highest BCUT2D eigenvalue weighted by molar-refractivity contribution is 5.96. The van der Waals surface area contributed by atoms with Crippen molar-refractivity contribution in [1.82, 2.24) is 4.98 Å². The minimum atomic E-state index is 0.571. The number of aldehydes is 1. The maximum Gasteiger partial charge on any atom is 0.166 e. The highest BCUT2D eigenvalue weighted by Gasteiger charge is 2.13. The Morgan fingerprint density at radius 3 is 2.56 bits per heavy atom. The van der Waals surface area contributed by atoms with Gasteiger partial charge < -0.3 is 14.5 Å². The summed E-state index contributed by atoms with van der Waals surface area (Å²) >= 11 is 0. The van der Waals surface area contributed by atoms with E-state index >= 15 is 0 Å². The largest absolute Gasteiger partial charge is 0.497 e. The molecule has 1 heterocycles. The molecule has 4 nitrogen and oxygen atoms in total. The molecule has 0 aliphatic rings. The molecule has 0 amide bonds. The molecule has 2 rings (SSSR count). The van der Waals surface area contributed by atoms with Crippen molar-refractivity contribution in [2.45, 2.75) is 6.92 Å². The molecule has 2 aromatic rings. The van der Waals surface area contributed by atoms with Gasteiger partial charge in [0.05, 0.1) is 25.4 Å². The average Bonchev–Trinajstić information content (AvgIpc) is 2.65. The number of aromatic amines is 1. The highest BCUT2D eigenvalue weighted by atomic mass is 16.5. The molecule has 4 heteroatoms. The average molecular weight is 219 g/mol. The third-order valence-electron chi connectivity index (χ3n) is 2.70. The van der Waals surface area contributed by atoms with Gasteiger partial charge in [-0.25, -0.2) is 0 Å². The van der Waals surface area contributed by atoms with Gasteiger partial charge in [-0.05, 0) is 12.5 Å². The Labute approximate surface area is 93.2 Å². The lowest BCUT2D eigenvalue weighted by molar-refractivity contribution is 0.111. The van der Waals surface area contributed by atoms with Gasteiger partial charge in [0.2, 0.25) is 0 Å².